The first-order valence-corrected chi connectivity index (χ1v) is 10.0. The summed E-state index contributed by atoms with van der Waals surface area (Å²) in [6.07, 6.45) is 2.35. The zero-order valence-electron chi connectivity index (χ0n) is 16.1. The number of nitrogens with two attached hydrogens (primary N) is 1. The smallest absolute Gasteiger partial charge is 0.387 e. The minimum absolute atomic E-state index is 0.0388. The van der Waals surface area contributed by atoms with E-state index in [9.17, 15) is 26.8 Å². The maximum absolute atomic E-state index is 12.3. The lowest BCUT2D eigenvalue weighted by molar-refractivity contribution is -0.142. The number of halogens is 2. The van der Waals surface area contributed by atoms with E-state index in [4.69, 9.17) is 14.6 Å². The van der Waals surface area contributed by atoms with Crippen molar-refractivity contribution >= 4 is 33.7 Å². The molecule has 12 heteroatoms. The first kappa shape index (κ1) is 23.8. The van der Waals surface area contributed by atoms with E-state index >= 15 is 0 Å². The number of carbonyl (C=O) groups is 2. The molecule has 1 amide bonds. The van der Waals surface area contributed by atoms with Crippen LogP contribution in [0.1, 0.15) is 5.56 Å². The molecule has 0 saturated carbocycles. The number of benzene rings is 2. The van der Waals surface area contributed by atoms with Gasteiger partial charge in [0, 0.05) is 11.8 Å². The molecule has 0 heterocycles. The molecule has 0 spiro atoms. The fourth-order valence-corrected chi connectivity index (χ4v) is 2.84. The number of carbonyl (C=O) groups excluding carboxylic acids is 2. The Kier molecular flexibility index (Phi) is 8.05. The van der Waals surface area contributed by atoms with Gasteiger partial charge in [-0.3, -0.25) is 4.79 Å². The lowest BCUT2D eigenvalue weighted by Crippen LogP contribution is -2.20. The second-order valence-electron chi connectivity index (χ2n) is 5.85. The highest BCUT2D eigenvalue weighted by Crippen LogP contribution is 2.29. The average Bonchev–Trinajstić information content (AvgIpc) is 2.70. The van der Waals surface area contributed by atoms with Crippen LogP contribution < -0.4 is 19.9 Å². The molecule has 0 bridgehead atoms. The van der Waals surface area contributed by atoms with Crippen molar-refractivity contribution in [3.05, 3.63) is 54.1 Å². The van der Waals surface area contributed by atoms with Gasteiger partial charge in [0.15, 0.2) is 18.1 Å². The van der Waals surface area contributed by atoms with E-state index in [0.717, 1.165) is 12.1 Å². The Labute approximate surface area is 176 Å². The fraction of sp³-hybridized carbons (Fsp3) is 0.158. The normalized spacial score (nSPS) is 11.4. The molecule has 2 aromatic rings. The molecule has 31 heavy (non-hydrogen) atoms. The number of alkyl halides is 2. The summed E-state index contributed by atoms with van der Waals surface area (Å²) < 4.78 is 61.3. The van der Waals surface area contributed by atoms with Crippen molar-refractivity contribution < 1.29 is 41.0 Å². The van der Waals surface area contributed by atoms with Crippen molar-refractivity contribution in [2.24, 2.45) is 5.14 Å². The van der Waals surface area contributed by atoms with Gasteiger partial charge in [0.2, 0.25) is 10.0 Å². The van der Waals surface area contributed by atoms with E-state index in [1.54, 1.807) is 0 Å². The van der Waals surface area contributed by atoms with Gasteiger partial charge in [-0.2, -0.15) is 8.78 Å². The molecule has 166 valence electrons. The Morgan fingerprint density at radius 1 is 1.16 bits per heavy atom. The van der Waals surface area contributed by atoms with E-state index in [2.05, 4.69) is 10.1 Å². The molecule has 3 N–H and O–H groups in total. The molecule has 0 aliphatic carbocycles. The molecule has 0 aromatic heterocycles. The predicted octanol–water partition coefficient (Wildman–Crippen LogP) is 2.14. The second-order valence-corrected chi connectivity index (χ2v) is 7.41. The Hall–Kier alpha value is -3.51. The maximum Gasteiger partial charge on any atom is 0.387 e. The molecule has 0 saturated heterocycles. The highest BCUT2D eigenvalue weighted by atomic mass is 32.2. The Morgan fingerprint density at radius 2 is 1.90 bits per heavy atom. The molecule has 2 aromatic carbocycles. The first-order valence-electron chi connectivity index (χ1n) is 8.49. The van der Waals surface area contributed by atoms with Crippen LogP contribution in [-0.2, 0) is 24.3 Å². The number of esters is 1. The van der Waals surface area contributed by atoms with Crippen LogP contribution in [0.4, 0.5) is 14.5 Å². The number of hydrogen-bond donors (Lipinski definition) is 2. The van der Waals surface area contributed by atoms with Crippen molar-refractivity contribution in [3.8, 4) is 11.5 Å². The standard InChI is InChI=1S/C19H18F2N2O7S/c1-28-16-9-12(5-7-15(16)30-19(20)21)6-8-18(25)29-11-17(24)23-13-3-2-4-14(10-13)31(22,26)27/h2-10,19H,11H2,1H3,(H,23,24)(H2,22,26,27)/b8-6+. The molecule has 0 unspecified atom stereocenters. The van der Waals surface area contributed by atoms with Crippen LogP contribution in [0.5, 0.6) is 11.5 Å². The van der Waals surface area contributed by atoms with Crippen molar-refractivity contribution in [1.82, 2.24) is 0 Å². The molecule has 0 aliphatic rings. The number of rotatable bonds is 9. The number of ether oxygens (including phenoxy) is 3. The maximum atomic E-state index is 12.3. The number of nitrogens with one attached hydrogen (secondary N) is 1. The summed E-state index contributed by atoms with van der Waals surface area (Å²) in [6.45, 7) is -3.65. The van der Waals surface area contributed by atoms with Crippen LogP contribution in [0.2, 0.25) is 0 Å². The number of methoxy groups -OCH3 is 1. The summed E-state index contributed by atoms with van der Waals surface area (Å²) in [4.78, 5) is 23.5. The highest BCUT2D eigenvalue weighted by Gasteiger charge is 2.12. The summed E-state index contributed by atoms with van der Waals surface area (Å²) >= 11 is 0. The largest absolute Gasteiger partial charge is 0.493 e. The van der Waals surface area contributed by atoms with E-state index in [1.807, 2.05) is 0 Å². The lowest BCUT2D eigenvalue weighted by Gasteiger charge is -2.10. The van der Waals surface area contributed by atoms with Gasteiger partial charge in [0.1, 0.15) is 0 Å². The van der Waals surface area contributed by atoms with Crippen LogP contribution in [-0.4, -0.2) is 40.6 Å². The van der Waals surface area contributed by atoms with E-state index in [1.165, 1.54) is 49.6 Å². The average molecular weight is 456 g/mol. The van der Waals surface area contributed by atoms with E-state index in [0.29, 0.717) is 5.56 Å². The van der Waals surface area contributed by atoms with Crippen LogP contribution in [0, 0.1) is 0 Å². The minimum atomic E-state index is -3.93. The van der Waals surface area contributed by atoms with E-state index < -0.39 is 35.1 Å². The molecule has 0 atom stereocenters. The number of anilines is 1. The summed E-state index contributed by atoms with van der Waals surface area (Å²) in [5.74, 6) is -1.68. The minimum Gasteiger partial charge on any atom is -0.493 e. The third-order valence-electron chi connectivity index (χ3n) is 3.61. The summed E-state index contributed by atoms with van der Waals surface area (Å²) in [7, 11) is -2.66. The number of sulfonamides is 1. The monoisotopic (exact) mass is 456 g/mol. The molecular weight excluding hydrogens is 438 g/mol. The molecular formula is C19H18F2N2O7S. The van der Waals surface area contributed by atoms with Crippen LogP contribution >= 0.6 is 0 Å². The Bertz CT molecular complexity index is 1090. The Balaban J connectivity index is 1.91. The van der Waals surface area contributed by atoms with Crippen LogP contribution in [0.25, 0.3) is 6.08 Å². The molecule has 0 fully saturated rings. The van der Waals surface area contributed by atoms with Gasteiger partial charge >= 0.3 is 12.6 Å². The first-order chi connectivity index (χ1) is 14.6. The van der Waals surface area contributed by atoms with Crippen molar-refractivity contribution in [3.63, 3.8) is 0 Å². The predicted molar refractivity (Wildman–Crippen MR) is 106 cm³/mol. The van der Waals surface area contributed by atoms with Gasteiger partial charge < -0.3 is 19.5 Å². The van der Waals surface area contributed by atoms with Crippen molar-refractivity contribution in [1.29, 1.82) is 0 Å². The molecule has 9 nitrogen and oxygen atoms in total. The topological polar surface area (TPSA) is 134 Å². The summed E-state index contributed by atoms with van der Waals surface area (Å²) in [5, 5.41) is 7.39. The molecule has 2 rings (SSSR count). The number of amides is 1. The van der Waals surface area contributed by atoms with Crippen LogP contribution in [0.3, 0.4) is 0 Å². The lowest BCUT2D eigenvalue weighted by atomic mass is 10.2. The number of hydrogen-bond acceptors (Lipinski definition) is 7. The summed E-state index contributed by atoms with van der Waals surface area (Å²) in [5.41, 5.74) is 0.584. The van der Waals surface area contributed by atoms with Gasteiger partial charge in [0.05, 0.1) is 12.0 Å². The van der Waals surface area contributed by atoms with Crippen molar-refractivity contribution in [2.75, 3.05) is 19.0 Å². The van der Waals surface area contributed by atoms with Gasteiger partial charge in [-0.25, -0.2) is 18.4 Å². The summed E-state index contributed by atoms with van der Waals surface area (Å²) in [6, 6.07) is 9.26. The van der Waals surface area contributed by atoms with Gasteiger partial charge in [-0.05, 0) is 42.0 Å². The Morgan fingerprint density at radius 3 is 2.55 bits per heavy atom. The third-order valence-corrected chi connectivity index (χ3v) is 4.52. The van der Waals surface area contributed by atoms with E-state index in [-0.39, 0.29) is 22.1 Å². The highest BCUT2D eigenvalue weighted by molar-refractivity contribution is 7.89. The molecule has 0 radical (unpaired) electrons. The quantitative estimate of drug-likeness (QED) is 0.436. The SMILES string of the molecule is COc1cc(/C=C/C(=O)OCC(=O)Nc2cccc(S(N)(=O)=O)c2)ccc1OC(F)F. The third kappa shape index (κ3) is 7.68. The van der Waals surface area contributed by atoms with Gasteiger partial charge in [-0.15, -0.1) is 0 Å². The van der Waals surface area contributed by atoms with Crippen LogP contribution in [0.15, 0.2) is 53.4 Å². The zero-order valence-corrected chi connectivity index (χ0v) is 16.9. The molecule has 0 aliphatic heterocycles. The van der Waals surface area contributed by atoms with Crippen molar-refractivity contribution in [2.45, 2.75) is 11.5 Å². The fourth-order valence-electron chi connectivity index (χ4n) is 2.28. The second kappa shape index (κ2) is 10.5. The zero-order chi connectivity index (χ0) is 23.0. The van der Waals surface area contributed by atoms with Gasteiger partial charge in [0.25, 0.3) is 5.91 Å². The number of primary sulfonamides is 1. The van der Waals surface area contributed by atoms with Gasteiger partial charge in [-0.1, -0.05) is 12.1 Å².